The maximum atomic E-state index is 12.5. The van der Waals surface area contributed by atoms with Crippen molar-refractivity contribution < 1.29 is 4.39 Å². The molecule has 0 nitrogen and oxygen atoms in total. The minimum absolute atomic E-state index is 0.219. The lowest BCUT2D eigenvalue weighted by Gasteiger charge is -2.19. The van der Waals surface area contributed by atoms with E-state index in [1.165, 1.54) is 6.42 Å². The first-order valence-electron chi connectivity index (χ1n) is 3.32. The monoisotopic (exact) mass is 115 g/mol. The second kappa shape index (κ2) is 2.47. The van der Waals surface area contributed by atoms with Gasteiger partial charge in [0.15, 0.2) is 0 Å². The van der Waals surface area contributed by atoms with Gasteiger partial charge in [0.1, 0.15) is 6.17 Å². The van der Waals surface area contributed by atoms with E-state index in [9.17, 15) is 4.39 Å². The zero-order chi connectivity index (χ0) is 5.98. The first kappa shape index (κ1) is 6.06. The van der Waals surface area contributed by atoms with Crippen molar-refractivity contribution in [3.8, 4) is 0 Å². The average molecular weight is 115 g/mol. The fraction of sp³-hybridized carbons (Fsp3) is 0.857. The summed E-state index contributed by atoms with van der Waals surface area (Å²) in [5.74, 6) is 0.253. The molecule has 0 aliphatic heterocycles. The molecule has 47 valence electrons. The summed E-state index contributed by atoms with van der Waals surface area (Å²) in [7, 11) is 0. The lowest BCUT2D eigenvalue weighted by Crippen LogP contribution is -2.09. The first-order chi connectivity index (χ1) is 3.80. The van der Waals surface area contributed by atoms with E-state index in [1.807, 2.05) is 6.92 Å². The van der Waals surface area contributed by atoms with E-state index in [-0.39, 0.29) is 12.1 Å². The molecule has 0 amide bonds. The Hall–Kier alpha value is -0.0700. The fourth-order valence-electron chi connectivity index (χ4n) is 1.15. The Bertz CT molecular complexity index is 60.8. The van der Waals surface area contributed by atoms with Gasteiger partial charge in [-0.3, -0.25) is 0 Å². The van der Waals surface area contributed by atoms with Crippen LogP contribution in [-0.2, 0) is 0 Å². The van der Waals surface area contributed by atoms with Gasteiger partial charge in [0.05, 0.1) is 0 Å². The van der Waals surface area contributed by atoms with E-state index in [4.69, 9.17) is 0 Å². The summed E-state index contributed by atoms with van der Waals surface area (Å²) in [6.45, 7) is 1.97. The van der Waals surface area contributed by atoms with Crippen molar-refractivity contribution in [2.24, 2.45) is 5.92 Å². The van der Waals surface area contributed by atoms with E-state index >= 15 is 0 Å². The summed E-state index contributed by atoms with van der Waals surface area (Å²) in [6.07, 6.45) is 4.29. The Morgan fingerprint density at radius 1 is 1.50 bits per heavy atom. The summed E-state index contributed by atoms with van der Waals surface area (Å²) in [5, 5.41) is 0. The molecule has 8 heavy (non-hydrogen) atoms. The van der Waals surface area contributed by atoms with Crippen LogP contribution in [0.2, 0.25) is 0 Å². The fourth-order valence-corrected chi connectivity index (χ4v) is 1.15. The molecular formula is C7H12F. The first-order valence-corrected chi connectivity index (χ1v) is 3.32. The van der Waals surface area contributed by atoms with Crippen LogP contribution in [0.1, 0.15) is 32.6 Å². The molecule has 0 spiro atoms. The van der Waals surface area contributed by atoms with Crippen molar-refractivity contribution in [1.82, 2.24) is 0 Å². The topological polar surface area (TPSA) is 0 Å². The van der Waals surface area contributed by atoms with Crippen molar-refractivity contribution >= 4 is 0 Å². The standard InChI is InChI=1S/C7H12F/c1-6-4-2-3-5-7(6)8/h6H,2-5H2,1H3. The van der Waals surface area contributed by atoms with Gasteiger partial charge in [0.25, 0.3) is 0 Å². The highest BCUT2D eigenvalue weighted by Gasteiger charge is 2.20. The van der Waals surface area contributed by atoms with Gasteiger partial charge in [-0.05, 0) is 18.8 Å². The molecule has 0 heterocycles. The van der Waals surface area contributed by atoms with Crippen LogP contribution >= 0.6 is 0 Å². The Labute approximate surface area is 50.1 Å². The summed E-state index contributed by atoms with van der Waals surface area (Å²) >= 11 is 0. The normalized spacial score (nSPS) is 33.0. The number of hydrogen-bond donors (Lipinski definition) is 0. The SMILES string of the molecule is CC1CCCC[C]1F. The van der Waals surface area contributed by atoms with Crippen molar-refractivity contribution in [3.05, 3.63) is 6.17 Å². The lowest BCUT2D eigenvalue weighted by molar-refractivity contribution is 0.288. The summed E-state index contributed by atoms with van der Waals surface area (Å²) < 4.78 is 12.5. The van der Waals surface area contributed by atoms with Gasteiger partial charge in [-0.2, -0.15) is 0 Å². The van der Waals surface area contributed by atoms with E-state index < -0.39 is 0 Å². The Balaban J connectivity index is 2.28. The summed E-state index contributed by atoms with van der Waals surface area (Å²) in [5.41, 5.74) is 0. The molecule has 0 saturated heterocycles. The Kier molecular flexibility index (Phi) is 1.87. The third-order valence-electron chi connectivity index (χ3n) is 1.84. The lowest BCUT2D eigenvalue weighted by atomic mass is 9.89. The molecular weight excluding hydrogens is 103 g/mol. The molecule has 1 aliphatic rings. The van der Waals surface area contributed by atoms with Gasteiger partial charge in [0, 0.05) is 0 Å². The molecule has 1 aliphatic carbocycles. The van der Waals surface area contributed by atoms with Gasteiger partial charge in [-0.1, -0.05) is 19.8 Å². The predicted molar refractivity (Wildman–Crippen MR) is 32.0 cm³/mol. The maximum Gasteiger partial charge on any atom is 0.147 e. The molecule has 0 N–H and O–H groups in total. The zero-order valence-corrected chi connectivity index (χ0v) is 5.28. The maximum absolute atomic E-state index is 12.5. The average Bonchev–Trinajstić information content (AvgIpc) is 1.77. The van der Waals surface area contributed by atoms with E-state index in [1.54, 1.807) is 0 Å². The van der Waals surface area contributed by atoms with E-state index in [0.29, 0.717) is 0 Å². The Morgan fingerprint density at radius 3 is 2.62 bits per heavy atom. The highest BCUT2D eigenvalue weighted by atomic mass is 19.1. The van der Waals surface area contributed by atoms with Gasteiger partial charge >= 0.3 is 0 Å². The molecule has 1 fully saturated rings. The van der Waals surface area contributed by atoms with Gasteiger partial charge < -0.3 is 0 Å². The van der Waals surface area contributed by atoms with Crippen molar-refractivity contribution in [1.29, 1.82) is 0 Å². The summed E-state index contributed by atoms with van der Waals surface area (Å²) in [4.78, 5) is 0. The van der Waals surface area contributed by atoms with Crippen molar-refractivity contribution in [3.63, 3.8) is 0 Å². The van der Waals surface area contributed by atoms with E-state index in [0.717, 1.165) is 19.3 Å². The van der Waals surface area contributed by atoms with Crippen LogP contribution in [0.4, 0.5) is 4.39 Å². The largest absolute Gasteiger partial charge is 0.240 e. The van der Waals surface area contributed by atoms with Crippen LogP contribution in [0.25, 0.3) is 0 Å². The summed E-state index contributed by atoms with van der Waals surface area (Å²) in [6, 6.07) is 0. The molecule has 1 rings (SSSR count). The van der Waals surface area contributed by atoms with Crippen molar-refractivity contribution in [2.45, 2.75) is 32.6 Å². The number of rotatable bonds is 0. The van der Waals surface area contributed by atoms with Crippen LogP contribution in [0.15, 0.2) is 0 Å². The molecule has 0 bridgehead atoms. The molecule has 1 saturated carbocycles. The molecule has 1 radical (unpaired) electrons. The molecule has 0 aromatic carbocycles. The quantitative estimate of drug-likeness (QED) is 0.455. The van der Waals surface area contributed by atoms with Gasteiger partial charge in [0.2, 0.25) is 0 Å². The minimum Gasteiger partial charge on any atom is -0.240 e. The molecule has 1 unspecified atom stereocenters. The molecule has 0 aromatic heterocycles. The highest BCUT2D eigenvalue weighted by molar-refractivity contribution is 4.86. The van der Waals surface area contributed by atoms with Gasteiger partial charge in [-0.25, -0.2) is 4.39 Å². The van der Waals surface area contributed by atoms with Crippen LogP contribution < -0.4 is 0 Å². The van der Waals surface area contributed by atoms with E-state index in [2.05, 4.69) is 0 Å². The molecule has 0 aromatic rings. The molecule has 1 heteroatoms. The molecule has 1 atom stereocenters. The second-order valence-corrected chi connectivity index (χ2v) is 2.59. The minimum atomic E-state index is 0.219. The number of hydrogen-bond acceptors (Lipinski definition) is 0. The highest BCUT2D eigenvalue weighted by Crippen LogP contribution is 2.31. The van der Waals surface area contributed by atoms with Crippen LogP contribution in [0, 0.1) is 12.1 Å². The smallest absolute Gasteiger partial charge is 0.147 e. The second-order valence-electron chi connectivity index (χ2n) is 2.59. The third-order valence-corrected chi connectivity index (χ3v) is 1.84. The van der Waals surface area contributed by atoms with Crippen molar-refractivity contribution in [2.75, 3.05) is 0 Å². The van der Waals surface area contributed by atoms with Crippen LogP contribution in [-0.4, -0.2) is 0 Å². The van der Waals surface area contributed by atoms with Crippen LogP contribution in [0.3, 0.4) is 0 Å². The predicted octanol–water partition coefficient (Wildman–Crippen LogP) is 2.70. The van der Waals surface area contributed by atoms with Crippen LogP contribution in [0.5, 0.6) is 0 Å². The number of halogens is 1. The third kappa shape index (κ3) is 1.21. The zero-order valence-electron chi connectivity index (χ0n) is 5.28. The Morgan fingerprint density at radius 2 is 2.25 bits per heavy atom. The van der Waals surface area contributed by atoms with Gasteiger partial charge in [-0.15, -0.1) is 0 Å².